The van der Waals surface area contributed by atoms with Crippen LogP contribution in [0.5, 0.6) is 0 Å². The predicted molar refractivity (Wildman–Crippen MR) is 118 cm³/mol. The van der Waals surface area contributed by atoms with E-state index in [2.05, 4.69) is 16.7 Å². The summed E-state index contributed by atoms with van der Waals surface area (Å²) in [7, 11) is 0. The number of ether oxygens (including phenoxy) is 1. The first kappa shape index (κ1) is 22.7. The summed E-state index contributed by atoms with van der Waals surface area (Å²) in [6.07, 6.45) is 1.17. The van der Waals surface area contributed by atoms with Gasteiger partial charge >= 0.3 is 6.09 Å². The van der Waals surface area contributed by atoms with Gasteiger partial charge in [0.1, 0.15) is 0 Å². The minimum atomic E-state index is -0.504. The van der Waals surface area contributed by atoms with Crippen LogP contribution in [0.15, 0.2) is 42.5 Å². The maximum absolute atomic E-state index is 13.4. The molecule has 2 aromatic carbocycles. The Kier molecular flexibility index (Phi) is 8.05. The third-order valence-electron chi connectivity index (χ3n) is 4.85. The zero-order valence-electron chi connectivity index (χ0n) is 17.0. The highest BCUT2D eigenvalue weighted by atomic mass is 35.5. The topological polar surface area (TPSA) is 70.7 Å². The fourth-order valence-corrected chi connectivity index (χ4v) is 3.51. The van der Waals surface area contributed by atoms with Crippen LogP contribution in [0.4, 0.5) is 21.9 Å². The summed E-state index contributed by atoms with van der Waals surface area (Å²) in [4.78, 5) is 27.0. The first-order valence-electron chi connectivity index (χ1n) is 9.77. The third kappa shape index (κ3) is 5.08. The van der Waals surface area contributed by atoms with E-state index in [0.29, 0.717) is 18.8 Å². The number of likely N-dealkylation sites (N-methyl/N-ethyl adjacent to an activating group) is 1. The van der Waals surface area contributed by atoms with Gasteiger partial charge in [-0.05, 0) is 62.6 Å². The highest BCUT2D eigenvalue weighted by Crippen LogP contribution is 2.38. The van der Waals surface area contributed by atoms with Gasteiger partial charge in [0.05, 0.1) is 24.0 Å². The van der Waals surface area contributed by atoms with Gasteiger partial charge in [0.25, 0.3) is 0 Å². The van der Waals surface area contributed by atoms with Gasteiger partial charge in [-0.15, -0.1) is 12.4 Å². The zero-order valence-corrected chi connectivity index (χ0v) is 17.8. The van der Waals surface area contributed by atoms with Crippen LogP contribution in [0, 0.1) is 0 Å². The number of halogens is 1. The van der Waals surface area contributed by atoms with Crippen LogP contribution in [-0.2, 0) is 22.4 Å². The number of rotatable bonds is 5. The van der Waals surface area contributed by atoms with Crippen LogP contribution in [0.25, 0.3) is 0 Å². The van der Waals surface area contributed by atoms with Gasteiger partial charge in [-0.25, -0.2) is 4.79 Å². The monoisotopic (exact) mass is 417 g/mol. The Labute approximate surface area is 178 Å². The number of hydrogen-bond donors (Lipinski definition) is 2. The molecule has 0 aliphatic carbocycles. The van der Waals surface area contributed by atoms with Crippen LogP contribution in [0.2, 0.25) is 0 Å². The van der Waals surface area contributed by atoms with Crippen molar-refractivity contribution in [2.75, 3.05) is 23.4 Å². The van der Waals surface area contributed by atoms with Gasteiger partial charge in [-0.2, -0.15) is 0 Å². The zero-order chi connectivity index (χ0) is 20.1. The lowest BCUT2D eigenvalue weighted by Gasteiger charge is -2.28. The molecule has 1 aliphatic rings. The van der Waals surface area contributed by atoms with Crippen molar-refractivity contribution in [1.82, 2.24) is 5.32 Å². The molecule has 2 aromatic rings. The van der Waals surface area contributed by atoms with E-state index in [0.717, 1.165) is 35.3 Å². The molecule has 7 heteroatoms. The third-order valence-corrected chi connectivity index (χ3v) is 4.85. The van der Waals surface area contributed by atoms with Crippen molar-refractivity contribution in [3.05, 3.63) is 53.6 Å². The largest absolute Gasteiger partial charge is 0.450 e. The maximum Gasteiger partial charge on any atom is 0.411 e. The van der Waals surface area contributed by atoms with Crippen molar-refractivity contribution >= 4 is 41.5 Å². The number of amides is 2. The molecule has 0 bridgehead atoms. The number of fused-ring (bicyclic) bond motifs is 2. The summed E-state index contributed by atoms with van der Waals surface area (Å²) in [5.74, 6) is -0.0225. The van der Waals surface area contributed by atoms with Gasteiger partial charge in [-0.3, -0.25) is 15.0 Å². The second-order valence-corrected chi connectivity index (χ2v) is 6.77. The highest BCUT2D eigenvalue weighted by Gasteiger charge is 2.29. The molecule has 6 nitrogen and oxygen atoms in total. The van der Waals surface area contributed by atoms with E-state index < -0.39 is 6.09 Å². The molecule has 0 fully saturated rings. The predicted octanol–water partition coefficient (Wildman–Crippen LogP) is 4.44. The molecule has 1 unspecified atom stereocenters. The molecule has 2 amide bonds. The van der Waals surface area contributed by atoms with Crippen LogP contribution in [0.1, 0.15) is 31.9 Å². The summed E-state index contributed by atoms with van der Waals surface area (Å²) in [5, 5.41) is 5.94. The summed E-state index contributed by atoms with van der Waals surface area (Å²) < 4.78 is 4.97. The fourth-order valence-electron chi connectivity index (χ4n) is 3.51. The summed E-state index contributed by atoms with van der Waals surface area (Å²) in [6, 6.07) is 13.3. The molecule has 0 spiro atoms. The number of nitrogens with one attached hydrogen (secondary N) is 2. The lowest BCUT2D eigenvalue weighted by Crippen LogP contribution is -2.43. The first-order chi connectivity index (χ1) is 13.5. The molecule has 1 atom stereocenters. The Morgan fingerprint density at radius 1 is 1.07 bits per heavy atom. The second kappa shape index (κ2) is 10.3. The van der Waals surface area contributed by atoms with Gasteiger partial charge < -0.3 is 10.1 Å². The summed E-state index contributed by atoms with van der Waals surface area (Å²) >= 11 is 0. The SMILES string of the molecule is CCNC(C)C(=O)N1c2ccccc2CCc2ccc(NC(=O)OCC)cc21.Cl. The molecule has 0 radical (unpaired) electrons. The van der Waals surface area contributed by atoms with E-state index >= 15 is 0 Å². The average molecular weight is 418 g/mol. The average Bonchev–Trinajstić information content (AvgIpc) is 2.84. The van der Waals surface area contributed by atoms with Crippen LogP contribution < -0.4 is 15.5 Å². The van der Waals surface area contributed by atoms with Gasteiger partial charge in [0.2, 0.25) is 5.91 Å². The molecular formula is C22H28ClN3O3. The number of para-hydroxylation sites is 1. The molecule has 2 N–H and O–H groups in total. The normalized spacial score (nSPS) is 13.3. The molecular weight excluding hydrogens is 390 g/mol. The Bertz CT molecular complexity index is 872. The number of anilines is 3. The second-order valence-electron chi connectivity index (χ2n) is 6.77. The van der Waals surface area contributed by atoms with Crippen LogP contribution in [0.3, 0.4) is 0 Å². The van der Waals surface area contributed by atoms with E-state index in [-0.39, 0.29) is 24.4 Å². The number of benzene rings is 2. The Morgan fingerprint density at radius 3 is 2.45 bits per heavy atom. The van der Waals surface area contributed by atoms with Crippen molar-refractivity contribution in [2.24, 2.45) is 0 Å². The number of carbonyl (C=O) groups excluding carboxylic acids is 2. The summed E-state index contributed by atoms with van der Waals surface area (Å²) in [6.45, 7) is 6.62. The molecule has 0 saturated heterocycles. The Morgan fingerprint density at radius 2 is 1.76 bits per heavy atom. The number of nitrogens with zero attached hydrogens (tertiary/aromatic N) is 1. The van der Waals surface area contributed by atoms with E-state index in [1.807, 2.05) is 50.2 Å². The molecule has 0 aromatic heterocycles. The van der Waals surface area contributed by atoms with Crippen LogP contribution >= 0.6 is 12.4 Å². The minimum absolute atomic E-state index is 0. The molecule has 1 aliphatic heterocycles. The molecule has 156 valence electrons. The van der Waals surface area contributed by atoms with Crippen molar-refractivity contribution in [1.29, 1.82) is 0 Å². The first-order valence-corrected chi connectivity index (χ1v) is 9.77. The lowest BCUT2D eigenvalue weighted by molar-refractivity contribution is -0.119. The quantitative estimate of drug-likeness (QED) is 0.754. The van der Waals surface area contributed by atoms with E-state index in [9.17, 15) is 9.59 Å². The Hall–Kier alpha value is -2.57. The molecule has 0 saturated carbocycles. The maximum atomic E-state index is 13.4. The van der Waals surface area contributed by atoms with Gasteiger partial charge in [-0.1, -0.05) is 31.2 Å². The molecule has 1 heterocycles. The molecule has 29 heavy (non-hydrogen) atoms. The minimum Gasteiger partial charge on any atom is -0.450 e. The van der Waals surface area contributed by atoms with Gasteiger partial charge in [0, 0.05) is 5.69 Å². The number of carbonyl (C=O) groups is 2. The lowest BCUT2D eigenvalue weighted by atomic mass is 10.0. The Balaban J connectivity index is 0.00000300. The number of hydrogen-bond acceptors (Lipinski definition) is 4. The van der Waals surface area contributed by atoms with Gasteiger partial charge in [0.15, 0.2) is 0 Å². The van der Waals surface area contributed by atoms with Crippen LogP contribution in [-0.4, -0.2) is 31.2 Å². The summed E-state index contributed by atoms with van der Waals surface area (Å²) in [5.41, 5.74) is 4.50. The number of aryl methyl sites for hydroxylation is 2. The van der Waals surface area contributed by atoms with E-state index in [1.165, 1.54) is 0 Å². The van der Waals surface area contributed by atoms with Crippen molar-refractivity contribution in [2.45, 2.75) is 39.7 Å². The van der Waals surface area contributed by atoms with Crippen molar-refractivity contribution in [3.63, 3.8) is 0 Å². The van der Waals surface area contributed by atoms with Crippen molar-refractivity contribution < 1.29 is 14.3 Å². The standard InChI is InChI=1S/C22H27N3O3.ClH/c1-4-23-15(3)21(26)25-19-9-7-6-8-16(19)10-11-17-12-13-18(14-20(17)25)24-22(27)28-5-2;/h6-9,12-15,23H,4-5,10-11H2,1-3H3,(H,24,27);1H. The fraction of sp³-hybridized carbons (Fsp3) is 0.364. The van der Waals surface area contributed by atoms with E-state index in [1.54, 1.807) is 11.8 Å². The highest BCUT2D eigenvalue weighted by molar-refractivity contribution is 6.05. The molecule has 3 rings (SSSR count). The van der Waals surface area contributed by atoms with Crippen molar-refractivity contribution in [3.8, 4) is 0 Å². The van der Waals surface area contributed by atoms with E-state index in [4.69, 9.17) is 4.74 Å². The smallest absolute Gasteiger partial charge is 0.411 e.